The summed E-state index contributed by atoms with van der Waals surface area (Å²) in [5.74, 6) is 0.723. The van der Waals surface area contributed by atoms with Crippen molar-refractivity contribution >= 4 is 22.8 Å². The van der Waals surface area contributed by atoms with Gasteiger partial charge < -0.3 is 9.73 Å². The van der Waals surface area contributed by atoms with Crippen molar-refractivity contribution in [1.82, 2.24) is 20.2 Å². The Labute approximate surface area is 143 Å². The second kappa shape index (κ2) is 5.86. The molecule has 0 unspecified atom stereocenters. The van der Waals surface area contributed by atoms with E-state index in [2.05, 4.69) is 25.5 Å². The highest BCUT2D eigenvalue weighted by atomic mass is 16.4. The summed E-state index contributed by atoms with van der Waals surface area (Å²) < 4.78 is 5.38. The van der Waals surface area contributed by atoms with Crippen molar-refractivity contribution in [2.24, 2.45) is 0 Å². The number of aromatic nitrogens is 4. The second-order valence-electron chi connectivity index (χ2n) is 5.62. The third kappa shape index (κ3) is 2.65. The van der Waals surface area contributed by atoms with Gasteiger partial charge in [0.25, 0.3) is 5.91 Å². The van der Waals surface area contributed by atoms with Gasteiger partial charge in [-0.15, -0.1) is 0 Å². The van der Waals surface area contributed by atoms with E-state index < -0.39 is 0 Å². The van der Waals surface area contributed by atoms with E-state index in [9.17, 15) is 4.79 Å². The Balaban J connectivity index is 1.78. The van der Waals surface area contributed by atoms with E-state index in [1.165, 1.54) is 0 Å². The number of oxazole rings is 1. The molecule has 1 amide bonds. The van der Waals surface area contributed by atoms with E-state index in [-0.39, 0.29) is 11.7 Å². The van der Waals surface area contributed by atoms with Crippen LogP contribution in [0.5, 0.6) is 0 Å². The van der Waals surface area contributed by atoms with Crippen molar-refractivity contribution < 1.29 is 9.21 Å². The zero-order chi connectivity index (χ0) is 17.4. The molecule has 0 atom stereocenters. The zero-order valence-corrected chi connectivity index (χ0v) is 13.7. The molecule has 124 valence electrons. The molecule has 0 saturated heterocycles. The average molecular weight is 333 g/mol. The number of fused-ring (bicyclic) bond motifs is 1. The lowest BCUT2D eigenvalue weighted by molar-refractivity contribution is 0.0994. The fraction of sp³-hybridized carbons (Fsp3) is 0.111. The van der Waals surface area contributed by atoms with Gasteiger partial charge in [-0.05, 0) is 24.1 Å². The predicted octanol–water partition coefficient (Wildman–Crippen LogP) is 3.48. The molecule has 0 aliphatic rings. The number of aryl methyl sites for hydroxylation is 2. The van der Waals surface area contributed by atoms with Crippen LogP contribution in [0, 0.1) is 13.8 Å². The molecule has 0 bridgehead atoms. The Morgan fingerprint density at radius 2 is 1.96 bits per heavy atom. The normalized spacial score (nSPS) is 11.0. The van der Waals surface area contributed by atoms with E-state index >= 15 is 0 Å². The summed E-state index contributed by atoms with van der Waals surface area (Å²) >= 11 is 0. The first-order valence-electron chi connectivity index (χ1n) is 7.77. The molecule has 7 nitrogen and oxygen atoms in total. The molecular weight excluding hydrogens is 318 g/mol. The first-order valence-corrected chi connectivity index (χ1v) is 7.77. The fourth-order valence-corrected chi connectivity index (χ4v) is 2.81. The highest BCUT2D eigenvalue weighted by molar-refractivity contribution is 6.09. The minimum absolute atomic E-state index is 0.186. The Hall–Kier alpha value is -3.48. The fourth-order valence-electron chi connectivity index (χ4n) is 2.81. The SMILES string of the molecule is Cc1nc(C)c(C(=O)Nc2[nH]nc3nccc(-c4ccccc4)c23)o1. The van der Waals surface area contributed by atoms with Crippen LogP contribution < -0.4 is 5.32 Å². The second-order valence-corrected chi connectivity index (χ2v) is 5.62. The average Bonchev–Trinajstić information content (AvgIpc) is 3.18. The molecule has 0 aliphatic heterocycles. The highest BCUT2D eigenvalue weighted by Crippen LogP contribution is 2.31. The lowest BCUT2D eigenvalue weighted by Crippen LogP contribution is -2.13. The van der Waals surface area contributed by atoms with Crippen molar-refractivity contribution in [2.75, 3.05) is 5.32 Å². The summed E-state index contributed by atoms with van der Waals surface area (Å²) in [5, 5.41) is 10.6. The summed E-state index contributed by atoms with van der Waals surface area (Å²) in [6.07, 6.45) is 1.70. The van der Waals surface area contributed by atoms with Gasteiger partial charge in [-0.25, -0.2) is 9.97 Å². The molecule has 4 rings (SSSR count). The molecule has 0 spiro atoms. The minimum atomic E-state index is -0.383. The predicted molar refractivity (Wildman–Crippen MR) is 93.3 cm³/mol. The first-order chi connectivity index (χ1) is 12.1. The molecule has 0 saturated carbocycles. The number of carbonyl (C=O) groups is 1. The number of pyridine rings is 1. The maximum Gasteiger partial charge on any atom is 0.294 e. The number of aromatic amines is 1. The summed E-state index contributed by atoms with van der Waals surface area (Å²) in [7, 11) is 0. The molecule has 0 radical (unpaired) electrons. The van der Waals surface area contributed by atoms with Crippen molar-refractivity contribution in [1.29, 1.82) is 0 Å². The van der Waals surface area contributed by atoms with Crippen molar-refractivity contribution in [3.63, 3.8) is 0 Å². The van der Waals surface area contributed by atoms with Gasteiger partial charge in [-0.3, -0.25) is 9.89 Å². The number of anilines is 1. The first kappa shape index (κ1) is 15.1. The molecule has 1 aromatic carbocycles. The Bertz CT molecular complexity index is 1070. The van der Waals surface area contributed by atoms with Crippen molar-refractivity contribution in [3.05, 3.63) is 59.9 Å². The van der Waals surface area contributed by atoms with Gasteiger partial charge in [-0.2, -0.15) is 5.10 Å². The van der Waals surface area contributed by atoms with Gasteiger partial charge in [0, 0.05) is 13.1 Å². The monoisotopic (exact) mass is 333 g/mol. The van der Waals surface area contributed by atoms with E-state index in [1.807, 2.05) is 36.4 Å². The molecule has 4 aromatic rings. The lowest BCUT2D eigenvalue weighted by Gasteiger charge is -2.06. The zero-order valence-electron chi connectivity index (χ0n) is 13.7. The molecule has 0 fully saturated rings. The van der Waals surface area contributed by atoms with E-state index in [0.29, 0.717) is 23.0 Å². The lowest BCUT2D eigenvalue weighted by atomic mass is 10.0. The van der Waals surface area contributed by atoms with E-state index in [1.54, 1.807) is 20.0 Å². The van der Waals surface area contributed by atoms with Gasteiger partial charge in [-0.1, -0.05) is 30.3 Å². The van der Waals surface area contributed by atoms with Gasteiger partial charge in [0.2, 0.25) is 5.76 Å². The molecule has 25 heavy (non-hydrogen) atoms. The molecule has 3 heterocycles. The molecule has 2 N–H and O–H groups in total. The molecule has 3 aromatic heterocycles. The topological polar surface area (TPSA) is 96.7 Å². The van der Waals surface area contributed by atoms with Gasteiger partial charge in [0.05, 0.1) is 11.1 Å². The van der Waals surface area contributed by atoms with Gasteiger partial charge in [0.1, 0.15) is 5.82 Å². The maximum atomic E-state index is 12.5. The quantitative estimate of drug-likeness (QED) is 0.598. The maximum absolute atomic E-state index is 12.5. The van der Waals surface area contributed by atoms with Crippen LogP contribution in [0.15, 0.2) is 47.0 Å². The van der Waals surface area contributed by atoms with Gasteiger partial charge in [0.15, 0.2) is 11.5 Å². The Kier molecular flexibility index (Phi) is 3.53. The largest absolute Gasteiger partial charge is 0.436 e. The number of amides is 1. The number of benzene rings is 1. The van der Waals surface area contributed by atoms with Crippen molar-refractivity contribution in [3.8, 4) is 11.1 Å². The number of nitrogens with zero attached hydrogens (tertiary/aromatic N) is 3. The third-order valence-electron chi connectivity index (χ3n) is 3.89. The molecular formula is C18H15N5O2. The van der Waals surface area contributed by atoms with Crippen molar-refractivity contribution in [2.45, 2.75) is 13.8 Å². The van der Waals surface area contributed by atoms with Crippen LogP contribution in [0.2, 0.25) is 0 Å². The van der Waals surface area contributed by atoms with Crippen LogP contribution in [-0.4, -0.2) is 26.1 Å². The Morgan fingerprint density at radius 3 is 2.68 bits per heavy atom. The summed E-state index contributed by atoms with van der Waals surface area (Å²) in [6, 6.07) is 11.8. The van der Waals surface area contributed by atoms with Crippen LogP contribution in [0.3, 0.4) is 0 Å². The summed E-state index contributed by atoms with van der Waals surface area (Å²) in [4.78, 5) is 20.9. The number of hydrogen-bond acceptors (Lipinski definition) is 5. The standard InChI is InChI=1S/C18H15N5O2/c1-10-15(25-11(2)20-10)18(24)21-17-14-13(12-6-4-3-5-7-12)8-9-19-16(14)22-23-17/h3-9H,1-2H3,(H2,19,21,22,23,24). The number of H-pyrrole nitrogens is 1. The van der Waals surface area contributed by atoms with Crippen LogP contribution in [0.1, 0.15) is 22.1 Å². The number of carbonyl (C=O) groups excluding carboxylic acids is 1. The molecule has 7 heteroatoms. The third-order valence-corrected chi connectivity index (χ3v) is 3.89. The smallest absolute Gasteiger partial charge is 0.294 e. The Morgan fingerprint density at radius 1 is 1.16 bits per heavy atom. The van der Waals surface area contributed by atoms with Crippen LogP contribution >= 0.6 is 0 Å². The molecule has 0 aliphatic carbocycles. The van der Waals surface area contributed by atoms with E-state index in [4.69, 9.17) is 4.42 Å². The number of rotatable bonds is 3. The minimum Gasteiger partial charge on any atom is -0.436 e. The summed E-state index contributed by atoms with van der Waals surface area (Å²) in [5.41, 5.74) is 3.01. The number of hydrogen-bond donors (Lipinski definition) is 2. The van der Waals surface area contributed by atoms with E-state index in [0.717, 1.165) is 16.5 Å². The summed E-state index contributed by atoms with van der Waals surface area (Å²) in [6.45, 7) is 3.43. The number of nitrogens with one attached hydrogen (secondary N) is 2. The van der Waals surface area contributed by atoms with Crippen LogP contribution in [-0.2, 0) is 0 Å². The van der Waals surface area contributed by atoms with Gasteiger partial charge >= 0.3 is 0 Å². The van der Waals surface area contributed by atoms with Crippen LogP contribution in [0.25, 0.3) is 22.2 Å². The van der Waals surface area contributed by atoms with Crippen LogP contribution in [0.4, 0.5) is 5.82 Å². The highest BCUT2D eigenvalue weighted by Gasteiger charge is 2.19.